The van der Waals surface area contributed by atoms with Gasteiger partial charge in [0.15, 0.2) is 0 Å². The Morgan fingerprint density at radius 3 is 2.22 bits per heavy atom. The van der Waals surface area contributed by atoms with Crippen molar-refractivity contribution < 1.29 is 13.0 Å². The summed E-state index contributed by atoms with van der Waals surface area (Å²) in [7, 11) is -4.24. The molecule has 0 aliphatic carbocycles. The number of unbranched alkanes of at least 4 members (excludes halogenated alkanes) is 2. The molecule has 0 aliphatic heterocycles. The topological polar surface area (TPSA) is 54.4 Å². The molecule has 23 heavy (non-hydrogen) atoms. The van der Waals surface area contributed by atoms with Crippen LogP contribution in [-0.4, -0.2) is 61.9 Å². The standard InChI is InChI=1S/C18H24O3S.Ba.2H/c1-3-5-9-14-13-15-10-7-8-12-17(15)18(22(19,20)21)16(14)11-6-4-2;;;/h7-8,10,12-13H,3-6,9,11H2,1-2H3,(H,19,20,21);;;. The van der Waals surface area contributed by atoms with Gasteiger partial charge in [0.1, 0.15) is 4.90 Å². The van der Waals surface area contributed by atoms with Crippen LogP contribution in [0.1, 0.15) is 50.7 Å². The fraction of sp³-hybridized carbons (Fsp3) is 0.444. The summed E-state index contributed by atoms with van der Waals surface area (Å²) in [5.74, 6) is 0. The van der Waals surface area contributed by atoms with E-state index >= 15 is 0 Å². The third kappa shape index (κ3) is 5.33. The molecule has 0 bridgehead atoms. The van der Waals surface area contributed by atoms with Gasteiger partial charge in [-0.3, -0.25) is 4.55 Å². The average Bonchev–Trinajstić information content (AvgIpc) is 2.48. The van der Waals surface area contributed by atoms with Gasteiger partial charge in [-0.15, -0.1) is 0 Å². The van der Waals surface area contributed by atoms with Crippen molar-refractivity contribution in [2.45, 2.75) is 57.3 Å². The summed E-state index contributed by atoms with van der Waals surface area (Å²) in [6.07, 6.45) is 5.52. The molecule has 1 N–H and O–H groups in total. The van der Waals surface area contributed by atoms with E-state index in [9.17, 15) is 13.0 Å². The first kappa shape index (κ1) is 21.2. The van der Waals surface area contributed by atoms with Crippen LogP contribution in [0.3, 0.4) is 0 Å². The van der Waals surface area contributed by atoms with Crippen molar-refractivity contribution in [2.75, 3.05) is 0 Å². The maximum atomic E-state index is 12.0. The van der Waals surface area contributed by atoms with E-state index < -0.39 is 10.1 Å². The molecule has 0 aliphatic rings. The molecule has 0 aromatic heterocycles. The first-order valence-corrected chi connectivity index (χ1v) is 9.44. The first-order valence-electron chi connectivity index (χ1n) is 8.00. The van der Waals surface area contributed by atoms with Gasteiger partial charge in [0.25, 0.3) is 10.1 Å². The molecule has 5 heteroatoms. The van der Waals surface area contributed by atoms with Gasteiger partial charge in [-0.05, 0) is 42.2 Å². The number of rotatable bonds is 7. The molecule has 0 atom stereocenters. The number of hydrogen-bond donors (Lipinski definition) is 1. The molecule has 2 rings (SSSR count). The number of fused-ring (bicyclic) bond motifs is 1. The Hall–Kier alpha value is 0.181. The van der Waals surface area contributed by atoms with Crippen LogP contribution in [0, 0.1) is 0 Å². The average molecular weight is 460 g/mol. The van der Waals surface area contributed by atoms with Gasteiger partial charge < -0.3 is 0 Å². The second kappa shape index (κ2) is 9.61. The molecule has 0 saturated carbocycles. The second-order valence-corrected chi connectivity index (χ2v) is 7.11. The van der Waals surface area contributed by atoms with E-state index in [4.69, 9.17) is 0 Å². The van der Waals surface area contributed by atoms with Gasteiger partial charge in [-0.1, -0.05) is 57.0 Å². The van der Waals surface area contributed by atoms with Gasteiger partial charge in [0.05, 0.1) is 0 Å². The number of benzene rings is 2. The zero-order valence-corrected chi connectivity index (χ0v) is 14.1. The Morgan fingerprint density at radius 1 is 1.00 bits per heavy atom. The summed E-state index contributed by atoms with van der Waals surface area (Å²) in [5, 5.41) is 1.50. The van der Waals surface area contributed by atoms with Crippen molar-refractivity contribution in [3.63, 3.8) is 0 Å². The van der Waals surface area contributed by atoms with Crippen LogP contribution in [-0.2, 0) is 23.0 Å². The van der Waals surface area contributed by atoms with Crippen LogP contribution in [0.2, 0.25) is 0 Å². The van der Waals surface area contributed by atoms with Crippen molar-refractivity contribution >= 4 is 69.8 Å². The molecular weight excluding hydrogens is 434 g/mol. The van der Waals surface area contributed by atoms with E-state index in [1.165, 1.54) is 0 Å². The van der Waals surface area contributed by atoms with Crippen molar-refractivity contribution in [2.24, 2.45) is 0 Å². The summed E-state index contributed by atoms with van der Waals surface area (Å²) >= 11 is 0. The molecule has 3 nitrogen and oxygen atoms in total. The van der Waals surface area contributed by atoms with Crippen molar-refractivity contribution in [3.05, 3.63) is 41.5 Å². The van der Waals surface area contributed by atoms with Crippen molar-refractivity contribution in [1.82, 2.24) is 0 Å². The third-order valence-corrected chi connectivity index (χ3v) is 5.02. The van der Waals surface area contributed by atoms with E-state index in [2.05, 4.69) is 19.9 Å². The minimum atomic E-state index is -4.24. The summed E-state index contributed by atoms with van der Waals surface area (Å²) < 4.78 is 33.8. The van der Waals surface area contributed by atoms with E-state index in [0.29, 0.717) is 11.8 Å². The van der Waals surface area contributed by atoms with Crippen LogP contribution in [0.15, 0.2) is 35.2 Å². The fourth-order valence-corrected chi connectivity index (χ4v) is 3.93. The van der Waals surface area contributed by atoms with Gasteiger partial charge in [-0.25, -0.2) is 0 Å². The zero-order chi connectivity index (χ0) is 16.2. The third-order valence-electron chi connectivity index (χ3n) is 4.03. The van der Waals surface area contributed by atoms with E-state index in [1.807, 2.05) is 18.2 Å². The van der Waals surface area contributed by atoms with Gasteiger partial charge in [0.2, 0.25) is 0 Å². The fourth-order valence-electron chi connectivity index (χ4n) is 2.93. The van der Waals surface area contributed by atoms with Crippen LogP contribution in [0.5, 0.6) is 0 Å². The minimum absolute atomic E-state index is 0. The molecule has 0 heterocycles. The summed E-state index contributed by atoms with van der Waals surface area (Å²) in [6.45, 7) is 4.20. The van der Waals surface area contributed by atoms with Crippen molar-refractivity contribution in [1.29, 1.82) is 0 Å². The summed E-state index contributed by atoms with van der Waals surface area (Å²) in [5.41, 5.74) is 1.86. The monoisotopic (exact) mass is 460 g/mol. The van der Waals surface area contributed by atoms with Gasteiger partial charge in [0, 0.05) is 5.39 Å². The molecule has 0 unspecified atom stereocenters. The normalized spacial score (nSPS) is 11.4. The molecule has 0 amide bonds. The van der Waals surface area contributed by atoms with Gasteiger partial charge >= 0.3 is 48.9 Å². The van der Waals surface area contributed by atoms with Crippen LogP contribution in [0.25, 0.3) is 10.8 Å². The molecule has 0 saturated heterocycles. The van der Waals surface area contributed by atoms with Gasteiger partial charge in [-0.2, -0.15) is 8.42 Å². The van der Waals surface area contributed by atoms with Crippen LogP contribution < -0.4 is 0 Å². The molecule has 2 aromatic carbocycles. The zero-order valence-electron chi connectivity index (χ0n) is 13.3. The van der Waals surface area contributed by atoms with E-state index in [0.717, 1.165) is 48.6 Å². The Balaban J connectivity index is 0.00000264. The Bertz CT molecular complexity index is 754. The summed E-state index contributed by atoms with van der Waals surface area (Å²) in [6, 6.07) is 9.48. The Morgan fingerprint density at radius 2 is 1.61 bits per heavy atom. The van der Waals surface area contributed by atoms with E-state index in [-0.39, 0.29) is 53.8 Å². The SMILES string of the molecule is CCCCc1cc2ccccc2c(S(=O)(=O)O)c1CCCC.[BaH2]. The number of aryl methyl sites for hydroxylation is 1. The second-order valence-electron chi connectivity index (χ2n) is 5.75. The Labute approximate surface area is 179 Å². The molecular formula is C18H26BaO3S. The predicted molar refractivity (Wildman–Crippen MR) is 99.5 cm³/mol. The first-order chi connectivity index (χ1) is 10.5. The Kier molecular flexibility index (Phi) is 8.87. The molecule has 0 fully saturated rings. The molecule has 0 spiro atoms. The molecule has 0 radical (unpaired) electrons. The molecule has 124 valence electrons. The number of hydrogen-bond acceptors (Lipinski definition) is 2. The van der Waals surface area contributed by atoms with Crippen LogP contribution >= 0.6 is 0 Å². The quantitative estimate of drug-likeness (QED) is 0.505. The van der Waals surface area contributed by atoms with E-state index in [1.54, 1.807) is 6.07 Å². The van der Waals surface area contributed by atoms with Crippen molar-refractivity contribution in [3.8, 4) is 0 Å². The predicted octanol–water partition coefficient (Wildman–Crippen LogP) is 3.86. The summed E-state index contributed by atoms with van der Waals surface area (Å²) in [4.78, 5) is 0.116. The molecule has 2 aromatic rings. The van der Waals surface area contributed by atoms with Crippen LogP contribution in [0.4, 0.5) is 0 Å². The maximum absolute atomic E-state index is 12.0.